The zero-order valence-corrected chi connectivity index (χ0v) is 7.96. The van der Waals surface area contributed by atoms with Gasteiger partial charge in [0.05, 0.1) is 12.5 Å². The molecule has 70 valence electrons. The van der Waals surface area contributed by atoms with Gasteiger partial charge in [-0.3, -0.25) is 4.79 Å². The summed E-state index contributed by atoms with van der Waals surface area (Å²) in [4.78, 5) is 10.7. The van der Waals surface area contributed by atoms with E-state index in [1.165, 1.54) is 0 Å². The van der Waals surface area contributed by atoms with Gasteiger partial charge in [0, 0.05) is 0 Å². The SMILES string of the molecule is O=C(CCl)COCc1ccccc1. The van der Waals surface area contributed by atoms with Crippen LogP contribution >= 0.6 is 11.6 Å². The first-order valence-electron chi connectivity index (χ1n) is 4.02. The van der Waals surface area contributed by atoms with E-state index in [9.17, 15) is 4.79 Å². The van der Waals surface area contributed by atoms with Crippen molar-refractivity contribution in [2.24, 2.45) is 0 Å². The Labute approximate surface area is 82.5 Å². The van der Waals surface area contributed by atoms with Crippen LogP contribution < -0.4 is 0 Å². The van der Waals surface area contributed by atoms with Crippen LogP contribution in [0.1, 0.15) is 5.56 Å². The van der Waals surface area contributed by atoms with E-state index >= 15 is 0 Å². The molecule has 0 saturated carbocycles. The van der Waals surface area contributed by atoms with Crippen LogP contribution in [0.2, 0.25) is 0 Å². The van der Waals surface area contributed by atoms with E-state index in [1.807, 2.05) is 30.3 Å². The molecule has 0 heterocycles. The number of carbonyl (C=O) groups excluding carboxylic acids is 1. The topological polar surface area (TPSA) is 26.3 Å². The van der Waals surface area contributed by atoms with E-state index in [1.54, 1.807) is 0 Å². The van der Waals surface area contributed by atoms with Gasteiger partial charge in [0.1, 0.15) is 6.61 Å². The number of alkyl halides is 1. The summed E-state index contributed by atoms with van der Waals surface area (Å²) < 4.78 is 5.14. The summed E-state index contributed by atoms with van der Waals surface area (Å²) in [6.07, 6.45) is 0. The Morgan fingerprint density at radius 3 is 2.62 bits per heavy atom. The van der Waals surface area contributed by atoms with E-state index < -0.39 is 0 Å². The Morgan fingerprint density at radius 2 is 2.00 bits per heavy atom. The van der Waals surface area contributed by atoms with E-state index in [0.29, 0.717) is 6.61 Å². The number of hydrogen-bond acceptors (Lipinski definition) is 2. The third-order valence-corrected chi connectivity index (χ3v) is 1.82. The third-order valence-electron chi connectivity index (χ3n) is 1.52. The van der Waals surface area contributed by atoms with Crippen molar-refractivity contribution in [2.45, 2.75) is 6.61 Å². The largest absolute Gasteiger partial charge is 0.369 e. The van der Waals surface area contributed by atoms with E-state index in [-0.39, 0.29) is 18.3 Å². The van der Waals surface area contributed by atoms with Crippen LogP contribution in [0.5, 0.6) is 0 Å². The smallest absolute Gasteiger partial charge is 0.173 e. The molecular weight excluding hydrogens is 188 g/mol. The van der Waals surface area contributed by atoms with Gasteiger partial charge in [-0.25, -0.2) is 0 Å². The average Bonchev–Trinajstić information content (AvgIpc) is 2.19. The molecular formula is C10H11ClO2. The molecule has 0 aliphatic rings. The van der Waals surface area contributed by atoms with Gasteiger partial charge in [-0.05, 0) is 5.56 Å². The molecule has 2 nitrogen and oxygen atoms in total. The van der Waals surface area contributed by atoms with Gasteiger partial charge in [0.25, 0.3) is 0 Å². The lowest BCUT2D eigenvalue weighted by atomic mass is 10.2. The van der Waals surface area contributed by atoms with E-state index in [4.69, 9.17) is 16.3 Å². The summed E-state index contributed by atoms with van der Waals surface area (Å²) in [6.45, 7) is 0.557. The number of benzene rings is 1. The Hall–Kier alpha value is -0.860. The summed E-state index contributed by atoms with van der Waals surface area (Å²) in [5.41, 5.74) is 1.06. The Kier molecular flexibility index (Phi) is 4.50. The number of halogens is 1. The first kappa shape index (κ1) is 10.2. The van der Waals surface area contributed by atoms with Gasteiger partial charge in [0.15, 0.2) is 5.78 Å². The van der Waals surface area contributed by atoms with Gasteiger partial charge in [-0.1, -0.05) is 30.3 Å². The highest BCUT2D eigenvalue weighted by Crippen LogP contribution is 2.00. The maximum absolute atomic E-state index is 10.7. The number of ether oxygens (including phenoxy) is 1. The molecule has 0 bridgehead atoms. The second-order valence-corrected chi connectivity index (χ2v) is 2.92. The fourth-order valence-corrected chi connectivity index (χ4v) is 0.973. The van der Waals surface area contributed by atoms with Crippen LogP contribution in [0.3, 0.4) is 0 Å². The number of Topliss-reactive ketones (excluding diaryl/α,β-unsaturated/α-hetero) is 1. The van der Waals surface area contributed by atoms with Crippen LogP contribution in [0.4, 0.5) is 0 Å². The maximum Gasteiger partial charge on any atom is 0.173 e. The van der Waals surface area contributed by atoms with Crippen LogP contribution in [-0.2, 0) is 16.1 Å². The number of ketones is 1. The van der Waals surface area contributed by atoms with Crippen molar-refractivity contribution in [2.75, 3.05) is 12.5 Å². The minimum Gasteiger partial charge on any atom is -0.369 e. The van der Waals surface area contributed by atoms with Crippen LogP contribution in [-0.4, -0.2) is 18.3 Å². The van der Waals surface area contributed by atoms with E-state index in [2.05, 4.69) is 0 Å². The molecule has 3 heteroatoms. The Balaban J connectivity index is 2.24. The molecule has 0 fully saturated rings. The van der Waals surface area contributed by atoms with Crippen molar-refractivity contribution < 1.29 is 9.53 Å². The van der Waals surface area contributed by atoms with Crippen molar-refractivity contribution in [3.05, 3.63) is 35.9 Å². The molecule has 0 aliphatic heterocycles. The molecule has 0 amide bonds. The Morgan fingerprint density at radius 1 is 1.31 bits per heavy atom. The van der Waals surface area contributed by atoms with Crippen molar-refractivity contribution in [3.63, 3.8) is 0 Å². The highest BCUT2D eigenvalue weighted by Gasteiger charge is 1.98. The van der Waals surface area contributed by atoms with Crippen molar-refractivity contribution in [1.29, 1.82) is 0 Å². The summed E-state index contributed by atoms with van der Waals surface area (Å²) in [5, 5.41) is 0. The van der Waals surface area contributed by atoms with Crippen LogP contribution in [0, 0.1) is 0 Å². The number of hydrogen-bond donors (Lipinski definition) is 0. The van der Waals surface area contributed by atoms with Crippen LogP contribution in [0.15, 0.2) is 30.3 Å². The quantitative estimate of drug-likeness (QED) is 0.677. The summed E-state index contributed by atoms with van der Waals surface area (Å²) in [5.74, 6) is -0.0629. The minimum atomic E-state index is -0.0856. The molecule has 0 aliphatic carbocycles. The van der Waals surface area contributed by atoms with Gasteiger partial charge in [-0.2, -0.15) is 0 Å². The third kappa shape index (κ3) is 4.06. The van der Waals surface area contributed by atoms with Crippen LogP contribution in [0.25, 0.3) is 0 Å². The van der Waals surface area contributed by atoms with Crippen molar-refractivity contribution in [3.8, 4) is 0 Å². The predicted molar refractivity (Wildman–Crippen MR) is 51.8 cm³/mol. The second-order valence-electron chi connectivity index (χ2n) is 2.65. The van der Waals surface area contributed by atoms with Crippen molar-refractivity contribution >= 4 is 17.4 Å². The lowest BCUT2D eigenvalue weighted by molar-refractivity contribution is -0.121. The zero-order valence-electron chi connectivity index (χ0n) is 7.20. The molecule has 0 atom stereocenters. The molecule has 0 unspecified atom stereocenters. The first-order valence-corrected chi connectivity index (χ1v) is 4.55. The normalized spacial score (nSPS) is 9.92. The second kappa shape index (κ2) is 5.73. The van der Waals surface area contributed by atoms with Crippen molar-refractivity contribution in [1.82, 2.24) is 0 Å². The van der Waals surface area contributed by atoms with Gasteiger partial charge < -0.3 is 4.74 Å². The maximum atomic E-state index is 10.7. The Bertz CT molecular complexity index is 259. The summed E-state index contributed by atoms with van der Waals surface area (Å²) in [6, 6.07) is 9.70. The molecule has 1 aromatic carbocycles. The monoisotopic (exact) mass is 198 g/mol. The lowest BCUT2D eigenvalue weighted by Crippen LogP contribution is -2.09. The number of carbonyl (C=O) groups is 1. The molecule has 1 rings (SSSR count). The highest BCUT2D eigenvalue weighted by atomic mass is 35.5. The lowest BCUT2D eigenvalue weighted by Gasteiger charge is -2.01. The molecule has 0 radical (unpaired) electrons. The fourth-order valence-electron chi connectivity index (χ4n) is 0.896. The molecule has 1 aromatic rings. The van der Waals surface area contributed by atoms with Gasteiger partial charge in [0.2, 0.25) is 0 Å². The van der Waals surface area contributed by atoms with Gasteiger partial charge >= 0.3 is 0 Å². The molecule has 0 saturated heterocycles. The average molecular weight is 199 g/mol. The zero-order chi connectivity index (χ0) is 9.52. The predicted octanol–water partition coefficient (Wildman–Crippen LogP) is 2.01. The molecule has 0 N–H and O–H groups in total. The first-order chi connectivity index (χ1) is 6.33. The summed E-state index contributed by atoms with van der Waals surface area (Å²) >= 11 is 5.30. The number of rotatable bonds is 5. The molecule has 0 aromatic heterocycles. The highest BCUT2D eigenvalue weighted by molar-refractivity contribution is 6.27. The molecule has 0 spiro atoms. The fraction of sp³-hybridized carbons (Fsp3) is 0.300. The van der Waals surface area contributed by atoms with E-state index in [0.717, 1.165) is 5.56 Å². The minimum absolute atomic E-state index is 0.0226. The van der Waals surface area contributed by atoms with Gasteiger partial charge in [-0.15, -0.1) is 11.6 Å². The standard InChI is InChI=1S/C10H11ClO2/c11-6-10(12)8-13-7-9-4-2-1-3-5-9/h1-5H,6-8H2. The summed E-state index contributed by atoms with van der Waals surface area (Å²) in [7, 11) is 0. The molecule has 13 heavy (non-hydrogen) atoms.